The number of aromatic nitrogens is 2. The first-order valence-corrected chi connectivity index (χ1v) is 19.8. The van der Waals surface area contributed by atoms with Gasteiger partial charge in [0.2, 0.25) is 0 Å². The summed E-state index contributed by atoms with van der Waals surface area (Å²) in [6.07, 6.45) is 0. The van der Waals surface area contributed by atoms with E-state index in [1.54, 1.807) is 0 Å². The van der Waals surface area contributed by atoms with Crippen molar-refractivity contribution in [2.75, 3.05) is 9.80 Å². The summed E-state index contributed by atoms with van der Waals surface area (Å²) >= 11 is 0. The van der Waals surface area contributed by atoms with Gasteiger partial charge in [0, 0.05) is 67.0 Å². The maximum Gasteiger partial charge on any atom is 0.0641 e. The number of hydrogen-bond acceptors (Lipinski definition) is 2. The van der Waals surface area contributed by atoms with Crippen molar-refractivity contribution in [1.29, 1.82) is 0 Å². The van der Waals surface area contributed by atoms with Crippen molar-refractivity contribution >= 4 is 77.7 Å². The lowest BCUT2D eigenvalue weighted by atomic mass is 10.1. The van der Waals surface area contributed by atoms with Crippen LogP contribution in [0.4, 0.5) is 34.1 Å². The number of rotatable bonds is 8. The number of hydrogen-bond donors (Lipinski definition) is 0. The molecule has 0 fully saturated rings. The number of para-hydroxylation sites is 6. The Morgan fingerprint density at radius 2 is 0.690 bits per heavy atom. The van der Waals surface area contributed by atoms with Gasteiger partial charge >= 0.3 is 0 Å². The van der Waals surface area contributed by atoms with E-state index in [4.69, 9.17) is 0 Å². The van der Waals surface area contributed by atoms with Crippen LogP contribution in [-0.4, -0.2) is 9.13 Å². The summed E-state index contributed by atoms with van der Waals surface area (Å²) in [7, 11) is 0. The second kappa shape index (κ2) is 14.0. The number of benzene rings is 9. The molecule has 4 nitrogen and oxygen atoms in total. The zero-order chi connectivity index (χ0) is 38.4. The molecule has 11 rings (SSSR count). The standard InChI is InChI=1S/C54H38N4/c1-6-18-39(19-7-1)55(40-20-8-2-9-21-40)44-30-32-45(33-31-44)57-51-37-36-48-47-28-16-17-29-50(47)58(43-26-14-5-15-27-43)54(48)53(51)49-35-34-46(38-52(49)57)56(41-22-10-3-11-23-41)42-24-12-4-13-25-42/h1-38H. The molecular weight excluding hydrogens is 705 g/mol. The Kier molecular flexibility index (Phi) is 8.11. The summed E-state index contributed by atoms with van der Waals surface area (Å²) in [5, 5.41) is 4.90. The van der Waals surface area contributed by atoms with Crippen molar-refractivity contribution in [2.24, 2.45) is 0 Å². The maximum absolute atomic E-state index is 2.45. The molecule has 0 N–H and O–H groups in total. The Morgan fingerprint density at radius 3 is 1.26 bits per heavy atom. The first kappa shape index (κ1) is 33.5. The van der Waals surface area contributed by atoms with Crippen LogP contribution in [0.15, 0.2) is 231 Å². The molecule has 2 heterocycles. The highest BCUT2D eigenvalue weighted by molar-refractivity contribution is 6.26. The summed E-state index contributed by atoms with van der Waals surface area (Å²) < 4.78 is 4.90. The van der Waals surface area contributed by atoms with Crippen molar-refractivity contribution in [1.82, 2.24) is 9.13 Å². The largest absolute Gasteiger partial charge is 0.311 e. The van der Waals surface area contributed by atoms with E-state index in [1.165, 1.54) is 32.6 Å². The van der Waals surface area contributed by atoms with Gasteiger partial charge in [-0.15, -0.1) is 0 Å². The molecule has 58 heavy (non-hydrogen) atoms. The normalized spacial score (nSPS) is 11.4. The van der Waals surface area contributed by atoms with E-state index in [2.05, 4.69) is 249 Å². The minimum absolute atomic E-state index is 1.09. The molecule has 0 aliphatic carbocycles. The Labute approximate surface area is 337 Å². The van der Waals surface area contributed by atoms with Gasteiger partial charge in [-0.05, 0) is 109 Å². The molecule has 0 radical (unpaired) electrons. The van der Waals surface area contributed by atoms with E-state index in [0.717, 1.165) is 56.5 Å². The van der Waals surface area contributed by atoms with Crippen LogP contribution >= 0.6 is 0 Å². The molecular formula is C54H38N4. The van der Waals surface area contributed by atoms with Gasteiger partial charge in [0.05, 0.1) is 22.1 Å². The molecule has 0 saturated heterocycles. The Morgan fingerprint density at radius 1 is 0.259 bits per heavy atom. The topological polar surface area (TPSA) is 16.3 Å². The third-order valence-corrected chi connectivity index (χ3v) is 11.2. The first-order valence-electron chi connectivity index (χ1n) is 19.8. The quantitative estimate of drug-likeness (QED) is 0.154. The fourth-order valence-electron chi connectivity index (χ4n) is 8.76. The molecule has 0 amide bonds. The molecule has 0 saturated carbocycles. The zero-order valence-electron chi connectivity index (χ0n) is 31.7. The van der Waals surface area contributed by atoms with Crippen LogP contribution in [0.2, 0.25) is 0 Å². The van der Waals surface area contributed by atoms with E-state index in [9.17, 15) is 0 Å². The molecule has 2 aromatic heterocycles. The lowest BCUT2D eigenvalue weighted by Gasteiger charge is -2.26. The lowest BCUT2D eigenvalue weighted by molar-refractivity contribution is 1.17. The van der Waals surface area contributed by atoms with E-state index >= 15 is 0 Å². The summed E-state index contributed by atoms with van der Waals surface area (Å²) in [4.78, 5) is 4.66. The highest BCUT2D eigenvalue weighted by atomic mass is 15.2. The Hall–Kier alpha value is -7.82. The van der Waals surface area contributed by atoms with Crippen molar-refractivity contribution in [3.63, 3.8) is 0 Å². The Balaban J connectivity index is 1.20. The van der Waals surface area contributed by atoms with Gasteiger partial charge in [-0.2, -0.15) is 0 Å². The summed E-state index contributed by atoms with van der Waals surface area (Å²) in [6.45, 7) is 0. The van der Waals surface area contributed by atoms with Gasteiger partial charge in [-0.1, -0.05) is 121 Å². The molecule has 0 atom stereocenters. The molecule has 0 aliphatic rings. The second-order valence-corrected chi connectivity index (χ2v) is 14.6. The van der Waals surface area contributed by atoms with Crippen LogP contribution in [-0.2, 0) is 0 Å². The average molecular weight is 743 g/mol. The van der Waals surface area contributed by atoms with Crippen molar-refractivity contribution in [2.45, 2.75) is 0 Å². The molecule has 11 aromatic rings. The van der Waals surface area contributed by atoms with Crippen LogP contribution in [0, 0.1) is 0 Å². The number of nitrogens with zero attached hydrogens (tertiary/aromatic N) is 4. The van der Waals surface area contributed by atoms with Crippen LogP contribution in [0.5, 0.6) is 0 Å². The lowest BCUT2D eigenvalue weighted by Crippen LogP contribution is -2.10. The fraction of sp³-hybridized carbons (Fsp3) is 0. The molecule has 0 aliphatic heterocycles. The first-order chi connectivity index (χ1) is 28.8. The van der Waals surface area contributed by atoms with Crippen molar-refractivity contribution < 1.29 is 0 Å². The van der Waals surface area contributed by atoms with Crippen molar-refractivity contribution in [3.05, 3.63) is 231 Å². The van der Waals surface area contributed by atoms with Gasteiger partial charge < -0.3 is 18.9 Å². The molecule has 0 spiro atoms. The highest BCUT2D eigenvalue weighted by Crippen LogP contribution is 2.45. The summed E-state index contributed by atoms with van der Waals surface area (Å²) in [5.74, 6) is 0. The average Bonchev–Trinajstić information content (AvgIpc) is 3.81. The van der Waals surface area contributed by atoms with Gasteiger partial charge in [-0.25, -0.2) is 0 Å². The van der Waals surface area contributed by atoms with Crippen LogP contribution in [0.1, 0.15) is 0 Å². The maximum atomic E-state index is 2.45. The smallest absolute Gasteiger partial charge is 0.0641 e. The van der Waals surface area contributed by atoms with E-state index in [0.29, 0.717) is 0 Å². The van der Waals surface area contributed by atoms with Crippen molar-refractivity contribution in [3.8, 4) is 11.4 Å². The predicted octanol–water partition coefficient (Wildman–Crippen LogP) is 14.8. The zero-order valence-corrected chi connectivity index (χ0v) is 31.7. The van der Waals surface area contributed by atoms with Crippen LogP contribution < -0.4 is 9.80 Å². The molecule has 9 aromatic carbocycles. The SMILES string of the molecule is c1ccc(N(c2ccccc2)c2ccc(-n3c4cc(N(c5ccccc5)c5ccccc5)ccc4c4c3ccc3c5ccccc5n(-c5ccccc5)c34)cc2)cc1. The third-order valence-electron chi connectivity index (χ3n) is 11.2. The fourth-order valence-corrected chi connectivity index (χ4v) is 8.76. The van der Waals surface area contributed by atoms with Crippen LogP contribution in [0.3, 0.4) is 0 Å². The highest BCUT2D eigenvalue weighted by Gasteiger charge is 2.23. The Bertz CT molecular complexity index is 3110. The van der Waals surface area contributed by atoms with Crippen LogP contribution in [0.25, 0.3) is 55.0 Å². The van der Waals surface area contributed by atoms with E-state index < -0.39 is 0 Å². The van der Waals surface area contributed by atoms with Gasteiger partial charge in [0.15, 0.2) is 0 Å². The second-order valence-electron chi connectivity index (χ2n) is 14.6. The minimum Gasteiger partial charge on any atom is -0.311 e. The number of fused-ring (bicyclic) bond motifs is 7. The summed E-state index contributed by atoms with van der Waals surface area (Å²) in [5.41, 5.74) is 13.5. The summed E-state index contributed by atoms with van der Waals surface area (Å²) in [6, 6.07) is 82.7. The third kappa shape index (κ3) is 5.54. The monoisotopic (exact) mass is 742 g/mol. The molecule has 0 unspecified atom stereocenters. The molecule has 4 heteroatoms. The van der Waals surface area contributed by atoms with E-state index in [-0.39, 0.29) is 0 Å². The molecule has 274 valence electrons. The van der Waals surface area contributed by atoms with Gasteiger partial charge in [0.25, 0.3) is 0 Å². The molecule has 0 bridgehead atoms. The van der Waals surface area contributed by atoms with Gasteiger partial charge in [-0.3, -0.25) is 0 Å². The predicted molar refractivity (Wildman–Crippen MR) is 244 cm³/mol. The minimum atomic E-state index is 1.09. The van der Waals surface area contributed by atoms with Gasteiger partial charge in [0.1, 0.15) is 0 Å². The van der Waals surface area contributed by atoms with E-state index in [1.807, 2.05) is 0 Å². The number of anilines is 6.